The Labute approximate surface area is 127 Å². The van der Waals surface area contributed by atoms with E-state index in [0.29, 0.717) is 23.0 Å². The minimum Gasteiger partial charge on any atom is -0.439 e. The summed E-state index contributed by atoms with van der Waals surface area (Å²) in [5.41, 5.74) is 9.36. The predicted octanol–water partition coefficient (Wildman–Crippen LogP) is 4.15. The van der Waals surface area contributed by atoms with Gasteiger partial charge in [-0.05, 0) is 41.8 Å². The number of ether oxygens (including phenoxy) is 1. The number of aryl methyl sites for hydroxylation is 1. The zero-order chi connectivity index (χ0) is 16.1. The normalized spacial score (nSPS) is 10.2. The second-order valence-corrected chi connectivity index (χ2v) is 4.98. The Morgan fingerprint density at radius 3 is 2.55 bits per heavy atom. The molecule has 1 aromatic carbocycles. The average Bonchev–Trinajstić information content (AvgIpc) is 2.47. The number of hydrogen-bond donors (Lipinski definition) is 0. The molecule has 0 radical (unpaired) electrons. The van der Waals surface area contributed by atoms with Crippen LogP contribution in [0.15, 0.2) is 35.4 Å². The third kappa shape index (κ3) is 3.80. The predicted molar refractivity (Wildman–Crippen MR) is 80.9 cm³/mol. The summed E-state index contributed by atoms with van der Waals surface area (Å²) in [7, 11) is 0. The van der Waals surface area contributed by atoms with Gasteiger partial charge in [0, 0.05) is 28.2 Å². The highest BCUT2D eigenvalue weighted by Crippen LogP contribution is 2.22. The molecule has 0 bridgehead atoms. The van der Waals surface area contributed by atoms with E-state index in [-0.39, 0.29) is 5.92 Å². The maximum absolute atomic E-state index is 11.4. The number of azide groups is 1. The molecule has 0 unspecified atom stereocenters. The van der Waals surface area contributed by atoms with Gasteiger partial charge in [-0.25, -0.2) is 4.98 Å². The summed E-state index contributed by atoms with van der Waals surface area (Å²) in [5.74, 6) is 1.26. The van der Waals surface area contributed by atoms with Gasteiger partial charge in [-0.2, -0.15) is 4.98 Å². The second kappa shape index (κ2) is 6.69. The van der Waals surface area contributed by atoms with Crippen LogP contribution in [0.2, 0.25) is 0 Å². The summed E-state index contributed by atoms with van der Waals surface area (Å²) in [6.07, 6.45) is 0. The largest absolute Gasteiger partial charge is 0.439 e. The van der Waals surface area contributed by atoms with Gasteiger partial charge in [0.1, 0.15) is 11.6 Å². The van der Waals surface area contributed by atoms with Crippen LogP contribution in [0.5, 0.6) is 11.6 Å². The minimum absolute atomic E-state index is 0.200. The lowest BCUT2D eigenvalue weighted by Gasteiger charge is -2.09. The molecule has 2 rings (SSSR count). The van der Waals surface area contributed by atoms with Gasteiger partial charge in [-0.15, -0.1) is 0 Å². The first-order chi connectivity index (χ1) is 10.5. The van der Waals surface area contributed by atoms with Crippen molar-refractivity contribution in [3.8, 4) is 11.6 Å². The summed E-state index contributed by atoms with van der Waals surface area (Å²) < 4.78 is 5.68. The first-order valence-corrected chi connectivity index (χ1v) is 6.72. The molecule has 7 heteroatoms. The molecule has 0 fully saturated rings. The number of hydrogen-bond acceptors (Lipinski definition) is 4. The minimum atomic E-state index is -0.631. The zero-order valence-electron chi connectivity index (χ0n) is 12.5. The summed E-state index contributed by atoms with van der Waals surface area (Å²) in [4.78, 5) is 22.6. The summed E-state index contributed by atoms with van der Waals surface area (Å²) in [6, 6.07) is 8.04. The van der Waals surface area contributed by atoms with Gasteiger partial charge in [0.25, 0.3) is 0 Å². The van der Waals surface area contributed by atoms with Crippen LogP contribution in [0.4, 0.5) is 0 Å². The monoisotopic (exact) mass is 297 g/mol. The summed E-state index contributed by atoms with van der Waals surface area (Å²) in [6.45, 7) is 5.89. The fraction of sp³-hybridized carbons (Fsp3) is 0.267. The highest BCUT2D eigenvalue weighted by atomic mass is 16.5. The van der Waals surface area contributed by atoms with E-state index in [1.807, 2.05) is 20.8 Å². The van der Waals surface area contributed by atoms with Crippen LogP contribution in [-0.2, 0) is 0 Å². The van der Waals surface area contributed by atoms with Crippen LogP contribution in [0.3, 0.4) is 0 Å². The van der Waals surface area contributed by atoms with E-state index in [1.165, 1.54) is 12.1 Å². The van der Waals surface area contributed by atoms with Crippen LogP contribution < -0.4 is 4.74 Å². The van der Waals surface area contributed by atoms with E-state index in [1.54, 1.807) is 18.2 Å². The molecule has 7 nitrogen and oxygen atoms in total. The van der Waals surface area contributed by atoms with E-state index in [2.05, 4.69) is 20.0 Å². The number of aromatic nitrogens is 2. The first kappa shape index (κ1) is 15.5. The molecule has 0 atom stereocenters. The third-order valence-corrected chi connectivity index (χ3v) is 2.82. The summed E-state index contributed by atoms with van der Waals surface area (Å²) in [5, 5.41) is 3.03. The van der Waals surface area contributed by atoms with E-state index >= 15 is 0 Å². The van der Waals surface area contributed by atoms with E-state index in [4.69, 9.17) is 10.3 Å². The van der Waals surface area contributed by atoms with Gasteiger partial charge in [0.15, 0.2) is 0 Å². The van der Waals surface area contributed by atoms with Crippen molar-refractivity contribution in [1.29, 1.82) is 0 Å². The van der Waals surface area contributed by atoms with Crippen LogP contribution in [0.25, 0.3) is 10.4 Å². The van der Waals surface area contributed by atoms with Crippen molar-refractivity contribution in [2.24, 2.45) is 5.11 Å². The Balaban J connectivity index is 2.21. The van der Waals surface area contributed by atoms with Crippen molar-refractivity contribution >= 4 is 5.91 Å². The molecule has 22 heavy (non-hydrogen) atoms. The van der Waals surface area contributed by atoms with Gasteiger partial charge >= 0.3 is 0 Å². The molecule has 0 aliphatic rings. The fourth-order valence-corrected chi connectivity index (χ4v) is 1.76. The first-order valence-electron chi connectivity index (χ1n) is 6.72. The lowest BCUT2D eigenvalue weighted by molar-refractivity contribution is 0.100. The molecular formula is C15H15N5O2. The molecule has 112 valence electrons. The van der Waals surface area contributed by atoms with Crippen molar-refractivity contribution in [3.63, 3.8) is 0 Å². The van der Waals surface area contributed by atoms with E-state index in [9.17, 15) is 4.79 Å². The Bertz CT molecular complexity index is 734. The van der Waals surface area contributed by atoms with Gasteiger partial charge in [0.2, 0.25) is 11.8 Å². The Morgan fingerprint density at radius 1 is 1.27 bits per heavy atom. The second-order valence-electron chi connectivity index (χ2n) is 4.98. The van der Waals surface area contributed by atoms with E-state index in [0.717, 1.165) is 5.69 Å². The molecule has 0 saturated heterocycles. The van der Waals surface area contributed by atoms with Gasteiger partial charge < -0.3 is 4.74 Å². The highest BCUT2D eigenvalue weighted by Gasteiger charge is 2.08. The molecule has 0 aliphatic heterocycles. The number of amides is 1. The van der Waals surface area contributed by atoms with Crippen molar-refractivity contribution in [1.82, 2.24) is 9.97 Å². The van der Waals surface area contributed by atoms with Crippen LogP contribution in [0.1, 0.15) is 41.6 Å². The van der Waals surface area contributed by atoms with Gasteiger partial charge in [0.05, 0.1) is 0 Å². The smallest absolute Gasteiger partial charge is 0.249 e. The lowest BCUT2D eigenvalue weighted by Crippen LogP contribution is -2.01. The SMILES string of the molecule is Cc1cc(Oc2ccc(C(=O)N=[N+]=[N-])cc2)nc(C(C)C)n1. The van der Waals surface area contributed by atoms with Gasteiger partial charge in [-0.3, -0.25) is 4.79 Å². The van der Waals surface area contributed by atoms with Crippen molar-refractivity contribution in [2.75, 3.05) is 0 Å². The number of benzene rings is 1. The molecule has 0 N–H and O–H groups in total. The molecule has 1 amide bonds. The van der Waals surface area contributed by atoms with E-state index < -0.39 is 5.91 Å². The molecular weight excluding hydrogens is 282 g/mol. The summed E-state index contributed by atoms with van der Waals surface area (Å²) >= 11 is 0. The Morgan fingerprint density at radius 2 is 1.95 bits per heavy atom. The standard InChI is InChI=1S/C15H15N5O2/c1-9(2)14-17-10(3)8-13(18-14)22-12-6-4-11(5-7-12)15(21)19-20-16/h4-9H,1-3H3. The molecule has 2 aromatic rings. The van der Waals surface area contributed by atoms with Crippen molar-refractivity contribution in [3.05, 3.63) is 57.9 Å². The number of rotatable bonds is 4. The van der Waals surface area contributed by atoms with Crippen LogP contribution in [-0.4, -0.2) is 15.9 Å². The third-order valence-electron chi connectivity index (χ3n) is 2.82. The topological polar surface area (TPSA) is 101 Å². The molecule has 1 heterocycles. The number of nitrogens with zero attached hydrogens (tertiary/aromatic N) is 5. The fourth-order valence-electron chi connectivity index (χ4n) is 1.76. The van der Waals surface area contributed by atoms with Crippen molar-refractivity contribution in [2.45, 2.75) is 26.7 Å². The number of carbonyl (C=O) groups excluding carboxylic acids is 1. The van der Waals surface area contributed by atoms with Crippen LogP contribution >= 0.6 is 0 Å². The quantitative estimate of drug-likeness (QED) is 0.480. The molecule has 0 spiro atoms. The van der Waals surface area contributed by atoms with Crippen molar-refractivity contribution < 1.29 is 9.53 Å². The Kier molecular flexibility index (Phi) is 4.70. The van der Waals surface area contributed by atoms with Gasteiger partial charge in [-0.1, -0.05) is 13.8 Å². The lowest BCUT2D eigenvalue weighted by atomic mass is 10.2. The van der Waals surface area contributed by atoms with Crippen LogP contribution in [0, 0.1) is 6.92 Å². The molecule has 0 saturated carbocycles. The maximum atomic E-state index is 11.4. The maximum Gasteiger partial charge on any atom is 0.249 e. The zero-order valence-corrected chi connectivity index (χ0v) is 12.5. The molecule has 1 aromatic heterocycles. The molecule has 0 aliphatic carbocycles. The average molecular weight is 297 g/mol. The highest BCUT2D eigenvalue weighted by molar-refractivity contribution is 5.94. The number of carbonyl (C=O) groups is 1. The Hall–Kier alpha value is -2.92.